The number of nitrogens with zero attached hydrogens (tertiary/aromatic N) is 3. The quantitative estimate of drug-likeness (QED) is 0.432. The fourth-order valence-corrected chi connectivity index (χ4v) is 3.78. The van der Waals surface area contributed by atoms with Crippen LogP contribution in [-0.4, -0.2) is 40.3 Å². The molecular weight excluding hydrogens is 358 g/mol. The first-order valence-electron chi connectivity index (χ1n) is 9.21. The maximum atomic E-state index is 10.7. The molecule has 0 saturated heterocycles. The lowest BCUT2D eigenvalue weighted by Crippen LogP contribution is -2.40. The van der Waals surface area contributed by atoms with E-state index >= 15 is 0 Å². The summed E-state index contributed by atoms with van der Waals surface area (Å²) >= 11 is 1.54. The van der Waals surface area contributed by atoms with Crippen LogP contribution in [0, 0.1) is 6.92 Å². The van der Waals surface area contributed by atoms with Gasteiger partial charge in [-0.05, 0) is 44.4 Å². The molecule has 3 N–H and O–H groups in total. The predicted molar refractivity (Wildman–Crippen MR) is 112 cm³/mol. The van der Waals surface area contributed by atoms with Crippen LogP contribution in [0.3, 0.4) is 0 Å². The first-order valence-corrected chi connectivity index (χ1v) is 10.1. The number of fused-ring (bicyclic) bond motifs is 1. The van der Waals surface area contributed by atoms with E-state index in [0.29, 0.717) is 19.0 Å². The lowest BCUT2D eigenvalue weighted by Gasteiger charge is -2.20. The van der Waals surface area contributed by atoms with Crippen LogP contribution in [0.15, 0.2) is 46.8 Å². The lowest BCUT2D eigenvalue weighted by atomic mass is 10.1. The number of imidazole rings is 1. The molecule has 2 aromatic heterocycles. The first-order chi connectivity index (χ1) is 13.0. The molecule has 0 spiro atoms. The van der Waals surface area contributed by atoms with Crippen molar-refractivity contribution < 1.29 is 5.11 Å². The molecule has 0 aliphatic heterocycles. The van der Waals surface area contributed by atoms with Crippen molar-refractivity contribution in [3.05, 3.63) is 52.5 Å². The summed E-state index contributed by atoms with van der Waals surface area (Å²) in [6.45, 7) is 8.43. The van der Waals surface area contributed by atoms with Crippen molar-refractivity contribution in [2.75, 3.05) is 19.6 Å². The molecule has 0 amide bonds. The number of hydrogen-bond acceptors (Lipinski definition) is 4. The van der Waals surface area contributed by atoms with Gasteiger partial charge >= 0.3 is 0 Å². The van der Waals surface area contributed by atoms with Crippen LogP contribution in [0.1, 0.15) is 24.5 Å². The summed E-state index contributed by atoms with van der Waals surface area (Å²) in [5.41, 5.74) is 1.19. The molecule has 0 aliphatic carbocycles. The summed E-state index contributed by atoms with van der Waals surface area (Å²) in [5, 5.41) is 19.2. The first kappa shape index (κ1) is 19.4. The van der Waals surface area contributed by atoms with Crippen LogP contribution in [0.2, 0.25) is 0 Å². The Morgan fingerprint density at radius 2 is 2.07 bits per heavy atom. The second kappa shape index (κ2) is 8.54. The van der Waals surface area contributed by atoms with Gasteiger partial charge in [0, 0.05) is 24.5 Å². The van der Waals surface area contributed by atoms with E-state index in [2.05, 4.69) is 31.2 Å². The second-order valence-electron chi connectivity index (χ2n) is 6.67. The van der Waals surface area contributed by atoms with E-state index in [4.69, 9.17) is 0 Å². The summed E-state index contributed by atoms with van der Waals surface area (Å²) in [5.74, 6) is 1.71. The van der Waals surface area contributed by atoms with Crippen LogP contribution in [0.4, 0.5) is 0 Å². The number of guanidine groups is 1. The Labute approximate surface area is 164 Å². The van der Waals surface area contributed by atoms with Crippen LogP contribution in [-0.2, 0) is 12.1 Å². The summed E-state index contributed by atoms with van der Waals surface area (Å²) < 4.78 is 2.20. The number of benzene rings is 1. The minimum atomic E-state index is -0.965. The Balaban J connectivity index is 1.63. The maximum Gasteiger partial charge on any atom is 0.191 e. The molecule has 0 aliphatic rings. The third kappa shape index (κ3) is 4.67. The van der Waals surface area contributed by atoms with Crippen LogP contribution >= 0.6 is 11.3 Å². The number of rotatable bonds is 7. The van der Waals surface area contributed by atoms with Crippen molar-refractivity contribution in [1.29, 1.82) is 0 Å². The van der Waals surface area contributed by atoms with Gasteiger partial charge in [-0.15, -0.1) is 11.3 Å². The van der Waals surface area contributed by atoms with E-state index in [1.807, 2.05) is 49.6 Å². The molecule has 0 radical (unpaired) electrons. The number of aliphatic hydroxyl groups is 1. The highest BCUT2D eigenvalue weighted by Gasteiger charge is 2.24. The zero-order valence-corrected chi connectivity index (χ0v) is 16.9. The predicted octanol–water partition coefficient (Wildman–Crippen LogP) is 2.87. The van der Waals surface area contributed by atoms with E-state index in [0.717, 1.165) is 34.8 Å². The number of para-hydroxylation sites is 2. The van der Waals surface area contributed by atoms with Crippen molar-refractivity contribution in [3.8, 4) is 0 Å². The topological polar surface area (TPSA) is 74.5 Å². The second-order valence-corrected chi connectivity index (χ2v) is 7.62. The number of thiophene rings is 1. The molecule has 7 heteroatoms. The number of aryl methyl sites for hydroxylation is 1. The largest absolute Gasteiger partial charge is 0.383 e. The summed E-state index contributed by atoms with van der Waals surface area (Å²) in [6.07, 6.45) is 0. The van der Waals surface area contributed by atoms with E-state index in [9.17, 15) is 5.11 Å². The van der Waals surface area contributed by atoms with Gasteiger partial charge < -0.3 is 20.3 Å². The number of hydrogen-bond donors (Lipinski definition) is 3. The molecule has 1 atom stereocenters. The smallest absolute Gasteiger partial charge is 0.191 e. The Morgan fingerprint density at radius 1 is 1.26 bits per heavy atom. The van der Waals surface area contributed by atoms with Gasteiger partial charge in [-0.25, -0.2) is 9.98 Å². The number of aromatic nitrogens is 2. The Kier molecular flexibility index (Phi) is 6.13. The van der Waals surface area contributed by atoms with Gasteiger partial charge in [0.05, 0.1) is 17.6 Å². The lowest BCUT2D eigenvalue weighted by molar-refractivity contribution is 0.0711. The fourth-order valence-electron chi connectivity index (χ4n) is 3.00. The van der Waals surface area contributed by atoms with Crippen molar-refractivity contribution in [3.63, 3.8) is 0 Å². The van der Waals surface area contributed by atoms with Crippen molar-refractivity contribution in [2.24, 2.45) is 4.99 Å². The van der Waals surface area contributed by atoms with Gasteiger partial charge in [-0.2, -0.15) is 0 Å². The molecule has 27 heavy (non-hydrogen) atoms. The van der Waals surface area contributed by atoms with Crippen molar-refractivity contribution in [1.82, 2.24) is 20.2 Å². The third-order valence-electron chi connectivity index (χ3n) is 4.41. The summed E-state index contributed by atoms with van der Waals surface area (Å²) in [6, 6.07) is 12.0. The average molecular weight is 386 g/mol. The van der Waals surface area contributed by atoms with E-state index in [1.54, 1.807) is 18.3 Å². The van der Waals surface area contributed by atoms with E-state index in [-0.39, 0.29) is 0 Å². The Morgan fingerprint density at radius 3 is 2.81 bits per heavy atom. The summed E-state index contributed by atoms with van der Waals surface area (Å²) in [4.78, 5) is 10.1. The fraction of sp³-hybridized carbons (Fsp3) is 0.400. The molecule has 2 heterocycles. The Bertz CT molecular complexity index is 898. The van der Waals surface area contributed by atoms with Gasteiger partial charge in [0.2, 0.25) is 0 Å². The molecule has 0 fully saturated rings. The van der Waals surface area contributed by atoms with Gasteiger partial charge in [-0.3, -0.25) is 0 Å². The van der Waals surface area contributed by atoms with Gasteiger partial charge in [0.1, 0.15) is 11.4 Å². The summed E-state index contributed by atoms with van der Waals surface area (Å²) in [7, 11) is 0. The highest BCUT2D eigenvalue weighted by molar-refractivity contribution is 7.10. The van der Waals surface area contributed by atoms with Crippen molar-refractivity contribution in [2.45, 2.75) is 32.9 Å². The number of nitrogens with one attached hydrogen (secondary N) is 2. The monoisotopic (exact) mass is 385 g/mol. The van der Waals surface area contributed by atoms with Crippen LogP contribution < -0.4 is 10.6 Å². The highest BCUT2D eigenvalue weighted by atomic mass is 32.1. The van der Waals surface area contributed by atoms with E-state index in [1.165, 1.54) is 0 Å². The average Bonchev–Trinajstić information content (AvgIpc) is 3.29. The molecule has 144 valence electrons. The van der Waals surface area contributed by atoms with Crippen molar-refractivity contribution >= 4 is 28.3 Å². The van der Waals surface area contributed by atoms with Crippen LogP contribution in [0.5, 0.6) is 0 Å². The van der Waals surface area contributed by atoms with Gasteiger partial charge in [0.25, 0.3) is 0 Å². The minimum Gasteiger partial charge on any atom is -0.383 e. The normalized spacial score (nSPS) is 14.3. The number of aliphatic imine (C=N–C) groups is 1. The third-order valence-corrected chi connectivity index (χ3v) is 5.54. The zero-order valence-electron chi connectivity index (χ0n) is 16.1. The molecular formula is C20H27N5OS. The SMILES string of the molecule is CCNC(=NCC(C)(O)c1cccs1)NCCn1c(C)nc2ccccc21. The minimum absolute atomic E-state index is 0.301. The Hall–Kier alpha value is -2.38. The van der Waals surface area contributed by atoms with Crippen LogP contribution in [0.25, 0.3) is 11.0 Å². The zero-order chi connectivity index (χ0) is 19.3. The van der Waals surface area contributed by atoms with Gasteiger partial charge in [0.15, 0.2) is 5.96 Å². The molecule has 0 saturated carbocycles. The van der Waals surface area contributed by atoms with E-state index < -0.39 is 5.60 Å². The molecule has 3 rings (SSSR count). The standard InChI is InChI=1S/C20H27N5OS/c1-4-21-19(23-14-20(3,26)18-10-7-13-27-18)22-11-12-25-15(2)24-16-8-5-6-9-17(16)25/h5-10,13,26H,4,11-12,14H2,1-3H3,(H2,21,22,23). The molecule has 1 unspecified atom stereocenters. The maximum absolute atomic E-state index is 10.7. The van der Waals surface area contributed by atoms with Gasteiger partial charge in [-0.1, -0.05) is 18.2 Å². The molecule has 3 aromatic rings. The molecule has 6 nitrogen and oxygen atoms in total. The molecule has 1 aromatic carbocycles. The highest BCUT2D eigenvalue weighted by Crippen LogP contribution is 2.25. The molecule has 0 bridgehead atoms.